The molecule has 1 aromatic heterocycles. The van der Waals surface area contributed by atoms with E-state index in [1.54, 1.807) is 10.3 Å². The molecule has 0 bridgehead atoms. The minimum atomic E-state index is -0.0492. The van der Waals surface area contributed by atoms with Crippen molar-refractivity contribution in [3.63, 3.8) is 0 Å². The van der Waals surface area contributed by atoms with Crippen LogP contribution < -0.4 is 11.1 Å². The third-order valence-electron chi connectivity index (χ3n) is 4.92. The molecule has 1 saturated carbocycles. The van der Waals surface area contributed by atoms with Crippen LogP contribution in [-0.2, 0) is 6.42 Å². The first-order chi connectivity index (χ1) is 12.2. The summed E-state index contributed by atoms with van der Waals surface area (Å²) in [6, 6.07) is 0.328. The van der Waals surface area contributed by atoms with Gasteiger partial charge in [-0.05, 0) is 19.4 Å². The summed E-state index contributed by atoms with van der Waals surface area (Å²) >= 11 is 1.48. The Morgan fingerprint density at radius 1 is 1.15 bits per heavy atom. The molecule has 1 aliphatic heterocycles. The number of hydrogen-bond donors (Lipinski definition) is 2. The summed E-state index contributed by atoms with van der Waals surface area (Å²) in [4.78, 5) is 32.9. The van der Waals surface area contributed by atoms with Gasteiger partial charge in [0.05, 0.1) is 5.01 Å². The van der Waals surface area contributed by atoms with Gasteiger partial charge in [0, 0.05) is 44.0 Å². The highest BCUT2D eigenvalue weighted by Gasteiger charge is 2.27. The van der Waals surface area contributed by atoms with Gasteiger partial charge in [-0.15, -0.1) is 23.7 Å². The molecular weight excluding hydrogens is 374 g/mol. The largest absolute Gasteiger partial charge is 0.335 e. The van der Waals surface area contributed by atoms with Crippen molar-refractivity contribution in [3.8, 4) is 0 Å². The minimum absolute atomic E-state index is 0. The van der Waals surface area contributed by atoms with Crippen LogP contribution in [-0.4, -0.2) is 65.5 Å². The SMILES string of the molecule is Cl.NCCc1nc(C(=O)N2CCN(C(=O)NC3CCCCC3)CC2)cs1. The number of thiazole rings is 1. The highest BCUT2D eigenvalue weighted by Crippen LogP contribution is 2.18. The molecule has 0 unspecified atom stereocenters. The number of piperazine rings is 1. The minimum Gasteiger partial charge on any atom is -0.335 e. The summed E-state index contributed by atoms with van der Waals surface area (Å²) < 4.78 is 0. The van der Waals surface area contributed by atoms with E-state index in [0.717, 1.165) is 17.8 Å². The quantitative estimate of drug-likeness (QED) is 0.805. The number of carbonyl (C=O) groups is 2. The van der Waals surface area contributed by atoms with E-state index in [1.165, 1.54) is 30.6 Å². The average Bonchev–Trinajstić information content (AvgIpc) is 3.11. The van der Waals surface area contributed by atoms with Crippen molar-refractivity contribution < 1.29 is 9.59 Å². The average molecular weight is 402 g/mol. The smallest absolute Gasteiger partial charge is 0.317 e. The maximum absolute atomic E-state index is 12.5. The molecule has 2 fully saturated rings. The Balaban J connectivity index is 0.00000243. The molecule has 0 spiro atoms. The van der Waals surface area contributed by atoms with Gasteiger partial charge in [-0.1, -0.05) is 19.3 Å². The molecule has 1 aromatic rings. The molecule has 7 nitrogen and oxygen atoms in total. The monoisotopic (exact) mass is 401 g/mol. The number of nitrogens with zero attached hydrogens (tertiary/aromatic N) is 3. The van der Waals surface area contributed by atoms with E-state index in [4.69, 9.17) is 5.73 Å². The first-order valence-electron chi connectivity index (χ1n) is 9.16. The number of nitrogens with one attached hydrogen (secondary N) is 1. The second kappa shape index (κ2) is 10.1. The Morgan fingerprint density at radius 2 is 1.81 bits per heavy atom. The van der Waals surface area contributed by atoms with E-state index in [9.17, 15) is 9.59 Å². The molecule has 0 atom stereocenters. The Bertz CT molecular complexity index is 598. The lowest BCUT2D eigenvalue weighted by molar-refractivity contribution is 0.0657. The summed E-state index contributed by atoms with van der Waals surface area (Å²) in [6.07, 6.45) is 6.54. The predicted molar refractivity (Wildman–Crippen MR) is 105 cm³/mol. The van der Waals surface area contributed by atoms with Gasteiger partial charge in [0.15, 0.2) is 0 Å². The van der Waals surface area contributed by atoms with Crippen LogP contribution in [0.25, 0.3) is 0 Å². The number of amides is 3. The number of nitrogens with two attached hydrogens (primary N) is 1. The number of urea groups is 1. The normalized spacial score (nSPS) is 18.3. The first-order valence-corrected chi connectivity index (χ1v) is 10.0. The van der Waals surface area contributed by atoms with Crippen LogP contribution >= 0.6 is 23.7 Å². The van der Waals surface area contributed by atoms with E-state index < -0.39 is 0 Å². The van der Waals surface area contributed by atoms with Crippen LogP contribution in [0.4, 0.5) is 4.79 Å². The number of hydrogen-bond acceptors (Lipinski definition) is 5. The molecule has 0 aromatic carbocycles. The molecule has 3 N–H and O–H groups in total. The van der Waals surface area contributed by atoms with E-state index >= 15 is 0 Å². The zero-order valence-corrected chi connectivity index (χ0v) is 16.6. The van der Waals surface area contributed by atoms with Crippen molar-refractivity contribution in [1.29, 1.82) is 0 Å². The Labute approximate surface area is 164 Å². The van der Waals surface area contributed by atoms with Gasteiger partial charge in [0.1, 0.15) is 5.69 Å². The summed E-state index contributed by atoms with van der Waals surface area (Å²) in [5.41, 5.74) is 6.02. The fourth-order valence-electron chi connectivity index (χ4n) is 3.43. The summed E-state index contributed by atoms with van der Waals surface area (Å²) in [5.74, 6) is -0.0492. The molecule has 2 heterocycles. The van der Waals surface area contributed by atoms with Crippen LogP contribution in [0.1, 0.15) is 47.6 Å². The number of rotatable bonds is 4. The van der Waals surface area contributed by atoms with Crippen molar-refractivity contribution in [1.82, 2.24) is 20.1 Å². The summed E-state index contributed by atoms with van der Waals surface area (Å²) in [6.45, 7) is 2.80. The standard InChI is InChI=1S/C17H27N5O2S.ClH/c18-7-6-15-20-14(12-25-15)16(23)21-8-10-22(11-9-21)17(24)19-13-4-2-1-3-5-13;/h12-13H,1-11,18H2,(H,19,24);1H. The summed E-state index contributed by atoms with van der Waals surface area (Å²) in [7, 11) is 0. The molecule has 0 radical (unpaired) electrons. The molecule has 2 aliphatic rings. The molecule has 1 aliphatic carbocycles. The lowest BCUT2D eigenvalue weighted by Crippen LogP contribution is -2.54. The van der Waals surface area contributed by atoms with Gasteiger partial charge >= 0.3 is 6.03 Å². The molecule has 9 heteroatoms. The first kappa shape index (κ1) is 20.9. The van der Waals surface area contributed by atoms with Crippen LogP contribution in [0.2, 0.25) is 0 Å². The second-order valence-corrected chi connectivity index (χ2v) is 7.67. The lowest BCUT2D eigenvalue weighted by Gasteiger charge is -2.35. The van der Waals surface area contributed by atoms with Gasteiger partial charge in [-0.25, -0.2) is 9.78 Å². The maximum Gasteiger partial charge on any atom is 0.317 e. The van der Waals surface area contributed by atoms with Crippen molar-refractivity contribution >= 4 is 35.7 Å². The van der Waals surface area contributed by atoms with Gasteiger partial charge in [-0.2, -0.15) is 0 Å². The number of halogens is 1. The Morgan fingerprint density at radius 3 is 2.46 bits per heavy atom. The van der Waals surface area contributed by atoms with Gasteiger partial charge in [0.2, 0.25) is 0 Å². The van der Waals surface area contributed by atoms with Crippen molar-refractivity contribution in [2.75, 3.05) is 32.7 Å². The second-order valence-electron chi connectivity index (χ2n) is 6.73. The van der Waals surface area contributed by atoms with E-state index in [2.05, 4.69) is 10.3 Å². The fourth-order valence-corrected chi connectivity index (χ4v) is 4.22. The number of carbonyl (C=O) groups excluding carboxylic acids is 2. The molecule has 26 heavy (non-hydrogen) atoms. The van der Waals surface area contributed by atoms with Crippen molar-refractivity contribution in [3.05, 3.63) is 16.1 Å². The third kappa shape index (κ3) is 5.31. The zero-order valence-electron chi connectivity index (χ0n) is 15.0. The highest BCUT2D eigenvalue weighted by atomic mass is 35.5. The van der Waals surface area contributed by atoms with Crippen LogP contribution in [0.15, 0.2) is 5.38 Å². The van der Waals surface area contributed by atoms with Crippen molar-refractivity contribution in [2.24, 2.45) is 5.73 Å². The molecule has 1 saturated heterocycles. The van der Waals surface area contributed by atoms with Gasteiger partial charge < -0.3 is 20.9 Å². The molecular formula is C17H28ClN5O2S. The van der Waals surface area contributed by atoms with E-state index in [1.807, 2.05) is 4.90 Å². The maximum atomic E-state index is 12.5. The zero-order chi connectivity index (χ0) is 17.6. The Kier molecular flexibility index (Phi) is 8.12. The van der Waals surface area contributed by atoms with Crippen LogP contribution in [0, 0.1) is 0 Å². The molecule has 3 rings (SSSR count). The number of aromatic nitrogens is 1. The third-order valence-corrected chi connectivity index (χ3v) is 5.82. The Hall–Kier alpha value is -1.38. The summed E-state index contributed by atoms with van der Waals surface area (Å²) in [5, 5.41) is 5.84. The van der Waals surface area contributed by atoms with Gasteiger partial charge in [-0.3, -0.25) is 4.79 Å². The van der Waals surface area contributed by atoms with Crippen LogP contribution in [0.3, 0.4) is 0 Å². The lowest BCUT2D eigenvalue weighted by atomic mass is 9.96. The van der Waals surface area contributed by atoms with Crippen molar-refractivity contribution in [2.45, 2.75) is 44.6 Å². The topological polar surface area (TPSA) is 91.6 Å². The molecule has 146 valence electrons. The van der Waals surface area contributed by atoms with Gasteiger partial charge in [0.25, 0.3) is 5.91 Å². The molecule has 3 amide bonds. The fraction of sp³-hybridized carbons (Fsp3) is 0.706. The van der Waals surface area contributed by atoms with E-state index in [0.29, 0.717) is 50.9 Å². The van der Waals surface area contributed by atoms with Crippen LogP contribution in [0.5, 0.6) is 0 Å². The highest BCUT2D eigenvalue weighted by molar-refractivity contribution is 7.09. The predicted octanol–water partition coefficient (Wildman–Crippen LogP) is 1.87. The van der Waals surface area contributed by atoms with E-state index in [-0.39, 0.29) is 24.3 Å².